The lowest BCUT2D eigenvalue weighted by atomic mass is 9.62. The summed E-state index contributed by atoms with van der Waals surface area (Å²) in [7, 11) is 0. The number of nitrogens with zero attached hydrogens (tertiary/aromatic N) is 1. The minimum atomic E-state index is -0.0633. The molecule has 0 amide bonds. The predicted molar refractivity (Wildman–Crippen MR) is 206 cm³/mol. The number of benzene rings is 5. The summed E-state index contributed by atoms with van der Waals surface area (Å²) >= 11 is 0. The van der Waals surface area contributed by atoms with Crippen LogP contribution in [0.15, 0.2) is 168 Å². The van der Waals surface area contributed by atoms with Gasteiger partial charge in [0.1, 0.15) is 5.76 Å². The number of aliphatic imine (C=N–C) groups is 1. The lowest BCUT2D eigenvalue weighted by molar-refractivity contribution is 0.273. The fourth-order valence-corrected chi connectivity index (χ4v) is 7.83. The molecule has 246 valence electrons. The average Bonchev–Trinajstić information content (AvgIpc) is 3.16. The summed E-state index contributed by atoms with van der Waals surface area (Å²) in [6.07, 6.45) is 9.41. The van der Waals surface area contributed by atoms with Crippen molar-refractivity contribution in [1.82, 2.24) is 0 Å². The fourth-order valence-electron chi connectivity index (χ4n) is 7.83. The third kappa shape index (κ3) is 5.73. The van der Waals surface area contributed by atoms with E-state index in [2.05, 4.69) is 142 Å². The van der Waals surface area contributed by atoms with Crippen molar-refractivity contribution < 1.29 is 9.47 Å². The van der Waals surface area contributed by atoms with Crippen LogP contribution in [0.25, 0.3) is 11.3 Å². The zero-order chi connectivity index (χ0) is 34.2. The molecule has 50 heavy (non-hydrogen) atoms. The molecule has 0 fully saturated rings. The Morgan fingerprint density at radius 2 is 1.32 bits per heavy atom. The standard InChI is InChI=1S/C47H41NO2/c1-5-40(33-18-10-7-11-19-33)48-41(28-31(2)32-16-8-6-9-17-32)34-24-26-42-44(29-34)50-45-30-35(25-27-43(45)49-42)46-36-20-12-14-22-38(36)47(3,4)39-23-15-13-21-37(39)46/h5-29,35,46H,30H2,1-4H3/b31-28+,40-5-,48-41+. The van der Waals surface area contributed by atoms with Crippen molar-refractivity contribution in [3.8, 4) is 11.5 Å². The maximum atomic E-state index is 6.78. The Morgan fingerprint density at radius 3 is 1.98 bits per heavy atom. The summed E-state index contributed by atoms with van der Waals surface area (Å²) in [6.45, 7) is 8.86. The van der Waals surface area contributed by atoms with Crippen molar-refractivity contribution in [2.45, 2.75) is 45.4 Å². The minimum Gasteiger partial charge on any atom is -0.454 e. The number of hydrogen-bond donors (Lipinski definition) is 0. The van der Waals surface area contributed by atoms with Crippen molar-refractivity contribution in [2.75, 3.05) is 0 Å². The van der Waals surface area contributed by atoms with Crippen LogP contribution in [0, 0.1) is 5.92 Å². The highest BCUT2D eigenvalue weighted by atomic mass is 16.6. The van der Waals surface area contributed by atoms with Crippen LogP contribution < -0.4 is 9.47 Å². The predicted octanol–water partition coefficient (Wildman–Crippen LogP) is 11.7. The molecule has 1 unspecified atom stereocenters. The molecule has 5 aromatic rings. The second-order valence-electron chi connectivity index (χ2n) is 13.9. The van der Waals surface area contributed by atoms with E-state index in [1.807, 2.05) is 37.3 Å². The van der Waals surface area contributed by atoms with Crippen molar-refractivity contribution >= 4 is 17.0 Å². The van der Waals surface area contributed by atoms with Crippen LogP contribution in [0.2, 0.25) is 0 Å². The van der Waals surface area contributed by atoms with Crippen LogP contribution in [0.5, 0.6) is 11.5 Å². The van der Waals surface area contributed by atoms with E-state index in [1.165, 1.54) is 22.3 Å². The molecule has 0 saturated heterocycles. The van der Waals surface area contributed by atoms with Gasteiger partial charge < -0.3 is 9.47 Å². The molecule has 0 bridgehead atoms. The lowest BCUT2D eigenvalue weighted by Crippen LogP contribution is -2.32. The molecule has 3 aliphatic rings. The zero-order valence-corrected chi connectivity index (χ0v) is 29.1. The molecule has 0 N–H and O–H groups in total. The van der Waals surface area contributed by atoms with Crippen molar-refractivity contribution in [2.24, 2.45) is 10.9 Å². The zero-order valence-electron chi connectivity index (χ0n) is 29.1. The number of rotatable bonds is 6. The van der Waals surface area contributed by atoms with Gasteiger partial charge in [-0.2, -0.15) is 0 Å². The second kappa shape index (κ2) is 13.0. The quantitative estimate of drug-likeness (QED) is 0.171. The number of ether oxygens (including phenoxy) is 2. The molecule has 1 heterocycles. The summed E-state index contributed by atoms with van der Waals surface area (Å²) in [5, 5.41) is 0. The first-order chi connectivity index (χ1) is 24.4. The Morgan fingerprint density at radius 1 is 0.700 bits per heavy atom. The largest absolute Gasteiger partial charge is 0.454 e. The van der Waals surface area contributed by atoms with E-state index < -0.39 is 0 Å². The minimum absolute atomic E-state index is 0.0633. The van der Waals surface area contributed by atoms with Gasteiger partial charge in [-0.05, 0) is 89.1 Å². The summed E-state index contributed by atoms with van der Waals surface area (Å²) in [6, 6.07) is 44.8. The Balaban J connectivity index is 1.14. The normalized spacial score (nSPS) is 18.3. The summed E-state index contributed by atoms with van der Waals surface area (Å²) in [5.74, 6) is 3.52. The highest BCUT2D eigenvalue weighted by molar-refractivity contribution is 6.14. The molecule has 0 radical (unpaired) electrons. The van der Waals surface area contributed by atoms with Crippen molar-refractivity contribution in [1.29, 1.82) is 0 Å². The summed E-state index contributed by atoms with van der Waals surface area (Å²) in [4.78, 5) is 5.24. The Hall–Kier alpha value is -5.67. The fraction of sp³-hybridized carbons (Fsp3) is 0.170. The van der Waals surface area contributed by atoms with Gasteiger partial charge in [0, 0.05) is 23.3 Å². The van der Waals surface area contributed by atoms with Crippen molar-refractivity contribution in [3.05, 3.63) is 202 Å². The van der Waals surface area contributed by atoms with E-state index in [9.17, 15) is 0 Å². The van der Waals surface area contributed by atoms with Crippen LogP contribution in [-0.4, -0.2) is 5.71 Å². The van der Waals surface area contributed by atoms with Crippen molar-refractivity contribution in [3.63, 3.8) is 0 Å². The van der Waals surface area contributed by atoms with Crippen LogP contribution in [0.3, 0.4) is 0 Å². The Labute approximate surface area is 295 Å². The summed E-state index contributed by atoms with van der Waals surface area (Å²) < 4.78 is 13.3. The smallest absolute Gasteiger partial charge is 0.170 e. The van der Waals surface area contributed by atoms with E-state index in [4.69, 9.17) is 14.5 Å². The maximum Gasteiger partial charge on any atom is 0.170 e. The van der Waals surface area contributed by atoms with Gasteiger partial charge >= 0.3 is 0 Å². The number of fused-ring (bicyclic) bond motifs is 3. The monoisotopic (exact) mass is 651 g/mol. The maximum absolute atomic E-state index is 6.78. The molecule has 3 heteroatoms. The van der Waals surface area contributed by atoms with Gasteiger partial charge in [-0.15, -0.1) is 0 Å². The molecule has 1 aliphatic heterocycles. The molecule has 5 aromatic carbocycles. The SMILES string of the molecule is C\C=C(/N=C(\C=C(/C)c1ccccc1)c1ccc2c(c1)OC1=C(C=CC(C3c4ccccc4C(C)(C)c4ccccc43)C1)O2)c1ccccc1. The molecule has 0 spiro atoms. The molecule has 8 rings (SSSR count). The van der Waals surface area contributed by atoms with Crippen LogP contribution in [0.4, 0.5) is 0 Å². The van der Waals surface area contributed by atoms with Crippen LogP contribution >= 0.6 is 0 Å². The van der Waals surface area contributed by atoms with Gasteiger partial charge in [-0.25, -0.2) is 4.99 Å². The highest BCUT2D eigenvalue weighted by Crippen LogP contribution is 2.52. The second-order valence-corrected chi connectivity index (χ2v) is 13.9. The Bertz CT molecular complexity index is 2180. The van der Waals surface area contributed by atoms with E-state index >= 15 is 0 Å². The van der Waals surface area contributed by atoms with Gasteiger partial charge in [-0.3, -0.25) is 0 Å². The molecular weight excluding hydrogens is 611 g/mol. The van der Waals surface area contributed by atoms with Gasteiger partial charge in [0.2, 0.25) is 0 Å². The Kier molecular flexibility index (Phi) is 8.20. The van der Waals surface area contributed by atoms with E-state index in [0.717, 1.165) is 51.6 Å². The topological polar surface area (TPSA) is 30.8 Å². The number of hydrogen-bond acceptors (Lipinski definition) is 3. The lowest BCUT2D eigenvalue weighted by Gasteiger charge is -2.42. The van der Waals surface area contributed by atoms with E-state index in [0.29, 0.717) is 11.5 Å². The van der Waals surface area contributed by atoms with Gasteiger partial charge in [0.15, 0.2) is 17.3 Å². The molecule has 2 aliphatic carbocycles. The number of allylic oxidation sites excluding steroid dienone is 6. The molecular formula is C47H41NO2. The third-order valence-electron chi connectivity index (χ3n) is 10.4. The van der Waals surface area contributed by atoms with Crippen LogP contribution in [0.1, 0.15) is 79.0 Å². The molecule has 3 nitrogen and oxygen atoms in total. The van der Waals surface area contributed by atoms with E-state index in [1.54, 1.807) is 0 Å². The highest BCUT2D eigenvalue weighted by Gasteiger charge is 2.41. The first-order valence-corrected chi connectivity index (χ1v) is 17.5. The van der Waals surface area contributed by atoms with Gasteiger partial charge in [0.25, 0.3) is 0 Å². The molecule has 0 saturated carbocycles. The summed E-state index contributed by atoms with van der Waals surface area (Å²) in [5.41, 5.74) is 11.6. The van der Waals surface area contributed by atoms with E-state index in [-0.39, 0.29) is 17.3 Å². The third-order valence-corrected chi connectivity index (χ3v) is 10.4. The van der Waals surface area contributed by atoms with Gasteiger partial charge in [0.05, 0.1) is 11.4 Å². The first kappa shape index (κ1) is 31.6. The molecule has 1 atom stereocenters. The first-order valence-electron chi connectivity index (χ1n) is 17.5. The molecule has 0 aromatic heterocycles. The average molecular weight is 652 g/mol. The van der Waals surface area contributed by atoms with Crippen LogP contribution in [-0.2, 0) is 5.41 Å². The van der Waals surface area contributed by atoms with Gasteiger partial charge in [-0.1, -0.05) is 135 Å².